The van der Waals surface area contributed by atoms with Gasteiger partial charge in [0.1, 0.15) is 0 Å². The lowest BCUT2D eigenvalue weighted by molar-refractivity contribution is -0.123. The zero-order chi connectivity index (χ0) is 13.8. The summed E-state index contributed by atoms with van der Waals surface area (Å²) in [4.78, 5) is 14.8. The SMILES string of the molecule is Cc1cccc(C)c1CC(=O)C(C)N1CCCCC1. The summed E-state index contributed by atoms with van der Waals surface area (Å²) in [5.41, 5.74) is 3.69. The standard InChI is InChI=1S/C17H25NO/c1-13-8-7-9-14(2)16(13)12-17(19)15(3)18-10-5-4-6-11-18/h7-9,15H,4-6,10-12H2,1-3H3. The maximum atomic E-state index is 12.5. The predicted molar refractivity (Wildman–Crippen MR) is 79.5 cm³/mol. The van der Waals surface area contributed by atoms with Gasteiger partial charge in [0.25, 0.3) is 0 Å². The van der Waals surface area contributed by atoms with Crippen molar-refractivity contribution in [3.8, 4) is 0 Å². The number of benzene rings is 1. The molecular weight excluding hydrogens is 234 g/mol. The molecule has 1 fully saturated rings. The minimum atomic E-state index is 0.0688. The summed E-state index contributed by atoms with van der Waals surface area (Å²) >= 11 is 0. The number of nitrogens with zero attached hydrogens (tertiary/aromatic N) is 1. The van der Waals surface area contributed by atoms with Gasteiger partial charge in [0.15, 0.2) is 5.78 Å². The lowest BCUT2D eigenvalue weighted by Crippen LogP contribution is -2.42. The van der Waals surface area contributed by atoms with Crippen LogP contribution in [0.2, 0.25) is 0 Å². The van der Waals surface area contributed by atoms with E-state index < -0.39 is 0 Å². The number of rotatable bonds is 4. The molecular formula is C17H25NO. The molecule has 2 rings (SSSR count). The van der Waals surface area contributed by atoms with E-state index >= 15 is 0 Å². The second-order valence-corrected chi connectivity index (χ2v) is 5.79. The molecule has 1 heterocycles. The van der Waals surface area contributed by atoms with Gasteiger partial charge in [-0.1, -0.05) is 24.6 Å². The highest BCUT2D eigenvalue weighted by Gasteiger charge is 2.23. The van der Waals surface area contributed by atoms with Gasteiger partial charge in [0, 0.05) is 6.42 Å². The first-order valence-electron chi connectivity index (χ1n) is 7.41. The summed E-state index contributed by atoms with van der Waals surface area (Å²) in [5, 5.41) is 0. The summed E-state index contributed by atoms with van der Waals surface area (Å²) in [6.07, 6.45) is 4.37. The lowest BCUT2D eigenvalue weighted by Gasteiger charge is -2.31. The summed E-state index contributed by atoms with van der Waals surface area (Å²) in [7, 11) is 0. The van der Waals surface area contributed by atoms with Gasteiger partial charge in [-0.2, -0.15) is 0 Å². The van der Waals surface area contributed by atoms with Gasteiger partial charge in [-0.25, -0.2) is 0 Å². The minimum Gasteiger partial charge on any atom is -0.298 e. The average Bonchev–Trinajstić information content (AvgIpc) is 2.43. The Bertz CT molecular complexity index is 426. The molecule has 0 radical (unpaired) electrons. The third-order valence-electron chi connectivity index (χ3n) is 4.40. The first kappa shape index (κ1) is 14.3. The third-order valence-corrected chi connectivity index (χ3v) is 4.40. The highest BCUT2D eigenvalue weighted by Crippen LogP contribution is 2.18. The highest BCUT2D eigenvalue weighted by atomic mass is 16.1. The van der Waals surface area contributed by atoms with Crippen LogP contribution in [0, 0.1) is 13.8 Å². The van der Waals surface area contributed by atoms with Crippen LogP contribution >= 0.6 is 0 Å². The minimum absolute atomic E-state index is 0.0688. The number of aryl methyl sites for hydroxylation is 2. The van der Waals surface area contributed by atoms with E-state index in [4.69, 9.17) is 0 Å². The van der Waals surface area contributed by atoms with E-state index in [1.54, 1.807) is 0 Å². The molecule has 0 saturated carbocycles. The molecule has 1 aromatic carbocycles. The zero-order valence-corrected chi connectivity index (χ0v) is 12.4. The number of Topliss-reactive ketones (excluding diaryl/α,β-unsaturated/α-hetero) is 1. The number of carbonyl (C=O) groups is 1. The van der Waals surface area contributed by atoms with Crippen LogP contribution in [0.15, 0.2) is 18.2 Å². The monoisotopic (exact) mass is 259 g/mol. The third kappa shape index (κ3) is 3.44. The first-order valence-corrected chi connectivity index (χ1v) is 7.41. The molecule has 0 N–H and O–H groups in total. The zero-order valence-electron chi connectivity index (χ0n) is 12.4. The van der Waals surface area contributed by atoms with Crippen LogP contribution in [0.5, 0.6) is 0 Å². The van der Waals surface area contributed by atoms with Crippen LogP contribution < -0.4 is 0 Å². The Morgan fingerprint density at radius 2 is 1.74 bits per heavy atom. The highest BCUT2D eigenvalue weighted by molar-refractivity contribution is 5.86. The first-order chi connectivity index (χ1) is 9.09. The molecule has 2 nitrogen and oxygen atoms in total. The number of carbonyl (C=O) groups excluding carboxylic acids is 1. The molecule has 0 aliphatic carbocycles. The van der Waals surface area contributed by atoms with Crippen molar-refractivity contribution in [1.82, 2.24) is 4.90 Å². The predicted octanol–water partition coefficient (Wildman–Crippen LogP) is 3.29. The Kier molecular flexibility index (Phi) is 4.76. The quantitative estimate of drug-likeness (QED) is 0.827. The van der Waals surface area contributed by atoms with Gasteiger partial charge < -0.3 is 0 Å². The van der Waals surface area contributed by atoms with E-state index in [9.17, 15) is 4.79 Å². The van der Waals surface area contributed by atoms with Crippen LogP contribution in [0.4, 0.5) is 0 Å². The summed E-state index contributed by atoms with van der Waals surface area (Å²) in [6.45, 7) is 8.43. The second kappa shape index (κ2) is 6.33. The molecule has 1 atom stereocenters. The Hall–Kier alpha value is -1.15. The fourth-order valence-electron chi connectivity index (χ4n) is 2.96. The topological polar surface area (TPSA) is 20.3 Å². The van der Waals surface area contributed by atoms with Crippen molar-refractivity contribution in [2.24, 2.45) is 0 Å². The van der Waals surface area contributed by atoms with Crippen LogP contribution in [0.3, 0.4) is 0 Å². The van der Waals surface area contributed by atoms with Crippen molar-refractivity contribution >= 4 is 5.78 Å². The Morgan fingerprint density at radius 3 is 2.32 bits per heavy atom. The number of likely N-dealkylation sites (tertiary alicyclic amines) is 1. The Morgan fingerprint density at radius 1 is 1.16 bits per heavy atom. The number of ketones is 1. The molecule has 1 saturated heterocycles. The van der Waals surface area contributed by atoms with Gasteiger partial charge in [-0.3, -0.25) is 9.69 Å². The van der Waals surface area contributed by atoms with Gasteiger partial charge in [0.2, 0.25) is 0 Å². The van der Waals surface area contributed by atoms with Crippen molar-refractivity contribution in [3.05, 3.63) is 34.9 Å². The summed E-state index contributed by atoms with van der Waals surface area (Å²) in [6, 6.07) is 6.33. The molecule has 0 spiro atoms. The maximum absolute atomic E-state index is 12.5. The van der Waals surface area contributed by atoms with E-state index in [1.165, 1.54) is 36.0 Å². The van der Waals surface area contributed by atoms with Gasteiger partial charge >= 0.3 is 0 Å². The van der Waals surface area contributed by atoms with Crippen LogP contribution in [-0.2, 0) is 11.2 Å². The summed E-state index contributed by atoms with van der Waals surface area (Å²) in [5.74, 6) is 0.360. The van der Waals surface area contributed by atoms with Gasteiger partial charge in [-0.05, 0) is 63.4 Å². The fourth-order valence-corrected chi connectivity index (χ4v) is 2.96. The Balaban J connectivity index is 2.04. The summed E-state index contributed by atoms with van der Waals surface area (Å²) < 4.78 is 0. The van der Waals surface area contributed by atoms with E-state index in [1.807, 2.05) is 0 Å². The molecule has 1 aromatic rings. The van der Waals surface area contributed by atoms with E-state index in [0.29, 0.717) is 12.2 Å². The fraction of sp³-hybridized carbons (Fsp3) is 0.588. The van der Waals surface area contributed by atoms with Crippen molar-refractivity contribution in [1.29, 1.82) is 0 Å². The second-order valence-electron chi connectivity index (χ2n) is 5.79. The Labute approximate surface area is 116 Å². The molecule has 2 heteroatoms. The molecule has 1 aliphatic heterocycles. The molecule has 19 heavy (non-hydrogen) atoms. The van der Waals surface area contributed by atoms with E-state index in [0.717, 1.165) is 13.1 Å². The van der Waals surface area contributed by atoms with Gasteiger partial charge in [0.05, 0.1) is 6.04 Å². The van der Waals surface area contributed by atoms with Crippen LogP contribution in [-0.4, -0.2) is 29.8 Å². The van der Waals surface area contributed by atoms with Crippen LogP contribution in [0.25, 0.3) is 0 Å². The average molecular weight is 259 g/mol. The van der Waals surface area contributed by atoms with Crippen molar-refractivity contribution in [2.45, 2.75) is 52.5 Å². The van der Waals surface area contributed by atoms with E-state index in [2.05, 4.69) is 43.9 Å². The van der Waals surface area contributed by atoms with E-state index in [-0.39, 0.29) is 6.04 Å². The smallest absolute Gasteiger partial charge is 0.154 e. The largest absolute Gasteiger partial charge is 0.298 e. The van der Waals surface area contributed by atoms with Crippen LogP contribution in [0.1, 0.15) is 42.9 Å². The lowest BCUT2D eigenvalue weighted by atomic mass is 9.95. The van der Waals surface area contributed by atoms with Crippen molar-refractivity contribution in [3.63, 3.8) is 0 Å². The number of piperidine rings is 1. The molecule has 0 amide bonds. The molecule has 104 valence electrons. The number of hydrogen-bond acceptors (Lipinski definition) is 2. The number of hydrogen-bond donors (Lipinski definition) is 0. The molecule has 0 bridgehead atoms. The molecule has 1 aliphatic rings. The maximum Gasteiger partial charge on any atom is 0.154 e. The van der Waals surface area contributed by atoms with Crippen molar-refractivity contribution in [2.75, 3.05) is 13.1 Å². The van der Waals surface area contributed by atoms with Gasteiger partial charge in [-0.15, -0.1) is 0 Å². The normalized spacial score (nSPS) is 18.3. The molecule has 0 aromatic heterocycles. The molecule has 1 unspecified atom stereocenters. The van der Waals surface area contributed by atoms with Crippen molar-refractivity contribution < 1.29 is 4.79 Å².